The van der Waals surface area contributed by atoms with Crippen molar-refractivity contribution in [3.63, 3.8) is 0 Å². The fourth-order valence-electron chi connectivity index (χ4n) is 4.32. The zero-order valence-corrected chi connectivity index (χ0v) is 22.6. The van der Waals surface area contributed by atoms with Crippen LogP contribution in [0.4, 0.5) is 5.69 Å². The molecule has 0 unspecified atom stereocenters. The van der Waals surface area contributed by atoms with E-state index in [4.69, 9.17) is 5.73 Å². The summed E-state index contributed by atoms with van der Waals surface area (Å²) < 4.78 is 0. The topological polar surface area (TPSA) is 125 Å². The molecule has 0 aliphatic carbocycles. The summed E-state index contributed by atoms with van der Waals surface area (Å²) in [7, 11) is 0. The highest BCUT2D eigenvalue weighted by molar-refractivity contribution is 5.95. The maximum Gasteiger partial charge on any atom is 0.320 e. The summed E-state index contributed by atoms with van der Waals surface area (Å²) >= 11 is 0. The summed E-state index contributed by atoms with van der Waals surface area (Å²) in [5.74, 6) is -1.55. The summed E-state index contributed by atoms with van der Waals surface area (Å²) in [5.41, 5.74) is 7.29. The lowest BCUT2D eigenvalue weighted by atomic mass is 10.0. The molecule has 208 valence electrons. The molecule has 2 atom stereocenters. The number of carboxylic acid groups (broad SMARTS) is 1. The zero-order chi connectivity index (χ0) is 27.6. The molecule has 0 saturated heterocycles. The van der Waals surface area contributed by atoms with Crippen molar-refractivity contribution in [2.75, 3.05) is 25.0 Å². The highest BCUT2D eigenvalue weighted by Crippen LogP contribution is 2.13. The van der Waals surface area contributed by atoms with Crippen molar-refractivity contribution in [3.8, 4) is 0 Å². The Morgan fingerprint density at radius 3 is 2.05 bits per heavy atom. The second-order valence-electron chi connectivity index (χ2n) is 9.74. The van der Waals surface area contributed by atoms with E-state index in [9.17, 15) is 19.5 Å². The van der Waals surface area contributed by atoms with Gasteiger partial charge in [-0.05, 0) is 56.8 Å². The van der Waals surface area contributed by atoms with Crippen LogP contribution in [0, 0.1) is 0 Å². The van der Waals surface area contributed by atoms with Crippen molar-refractivity contribution in [1.82, 2.24) is 10.2 Å². The number of nitrogens with zero attached hydrogens (tertiary/aromatic N) is 1. The number of aryl methyl sites for hydroxylation is 1. The van der Waals surface area contributed by atoms with Crippen molar-refractivity contribution in [1.29, 1.82) is 0 Å². The summed E-state index contributed by atoms with van der Waals surface area (Å²) in [6.07, 6.45) is 8.30. The van der Waals surface area contributed by atoms with Crippen molar-refractivity contribution >= 4 is 23.5 Å². The summed E-state index contributed by atoms with van der Waals surface area (Å²) in [5, 5.41) is 15.3. The Bertz CT molecular complexity index is 955. The fraction of sp³-hybridized carbons (Fsp3) is 0.500. The van der Waals surface area contributed by atoms with E-state index in [0.717, 1.165) is 57.1 Å². The summed E-state index contributed by atoms with van der Waals surface area (Å²) in [4.78, 5) is 39.7. The van der Waals surface area contributed by atoms with Crippen LogP contribution in [0.2, 0.25) is 0 Å². The van der Waals surface area contributed by atoms with Gasteiger partial charge in [-0.3, -0.25) is 19.7 Å². The fourth-order valence-corrected chi connectivity index (χ4v) is 4.32. The van der Waals surface area contributed by atoms with Gasteiger partial charge in [0.2, 0.25) is 11.8 Å². The lowest BCUT2D eigenvalue weighted by Gasteiger charge is -2.29. The van der Waals surface area contributed by atoms with Crippen LogP contribution in [0.15, 0.2) is 60.7 Å². The van der Waals surface area contributed by atoms with Gasteiger partial charge in [-0.15, -0.1) is 0 Å². The normalized spacial score (nSPS) is 12.5. The molecule has 0 saturated carbocycles. The van der Waals surface area contributed by atoms with E-state index in [2.05, 4.69) is 10.6 Å². The van der Waals surface area contributed by atoms with Gasteiger partial charge in [-0.25, -0.2) is 0 Å². The number of rotatable bonds is 19. The van der Waals surface area contributed by atoms with Crippen molar-refractivity contribution in [3.05, 3.63) is 66.2 Å². The smallest absolute Gasteiger partial charge is 0.320 e. The first kappa shape index (κ1) is 31.0. The second-order valence-corrected chi connectivity index (χ2v) is 9.74. The van der Waals surface area contributed by atoms with Crippen LogP contribution in [-0.2, 0) is 20.8 Å². The van der Waals surface area contributed by atoms with Gasteiger partial charge >= 0.3 is 5.97 Å². The van der Waals surface area contributed by atoms with Crippen LogP contribution in [0.1, 0.15) is 63.9 Å². The average Bonchev–Trinajstić information content (AvgIpc) is 2.92. The van der Waals surface area contributed by atoms with E-state index in [1.807, 2.05) is 48.5 Å². The molecule has 0 radical (unpaired) electrons. The standard InChI is InChI=1S/C30H44N4O4/c1-24(30(37)38)32-27(20-19-25-15-9-7-10-16-25)29(36)34(22-14-6-4-2-3-5-13-21-31)23-28(35)33-26-17-11-8-12-18-26/h7-12,15-18,24,27,32H,2-6,13-14,19-23,31H2,1H3,(H,33,35)(H,37,38)/t24-,27+/m1/s1. The third-order valence-electron chi connectivity index (χ3n) is 6.52. The molecule has 5 N–H and O–H groups in total. The van der Waals surface area contributed by atoms with Gasteiger partial charge in [0, 0.05) is 12.2 Å². The third-order valence-corrected chi connectivity index (χ3v) is 6.52. The number of carbonyl (C=O) groups excluding carboxylic acids is 2. The number of carbonyl (C=O) groups is 3. The molecule has 2 amide bonds. The summed E-state index contributed by atoms with van der Waals surface area (Å²) in [6, 6.07) is 17.3. The highest BCUT2D eigenvalue weighted by Gasteiger charge is 2.28. The largest absolute Gasteiger partial charge is 0.480 e. The molecule has 8 heteroatoms. The van der Waals surface area contributed by atoms with Gasteiger partial charge in [-0.1, -0.05) is 80.6 Å². The minimum Gasteiger partial charge on any atom is -0.480 e. The minimum absolute atomic E-state index is 0.0881. The van der Waals surface area contributed by atoms with E-state index < -0.39 is 18.1 Å². The molecule has 0 fully saturated rings. The van der Waals surface area contributed by atoms with Crippen molar-refractivity contribution in [2.45, 2.75) is 76.8 Å². The lowest BCUT2D eigenvalue weighted by Crippen LogP contribution is -2.53. The maximum absolute atomic E-state index is 13.7. The van der Waals surface area contributed by atoms with E-state index in [0.29, 0.717) is 25.1 Å². The Labute approximate surface area is 227 Å². The molecule has 0 aliphatic heterocycles. The van der Waals surface area contributed by atoms with Crippen LogP contribution >= 0.6 is 0 Å². The molecule has 0 aliphatic rings. The SMILES string of the molecule is C[C@@H](N[C@@H](CCc1ccccc1)C(=O)N(CCCCCCCCCN)CC(=O)Nc1ccccc1)C(=O)O. The first-order valence-electron chi connectivity index (χ1n) is 13.8. The molecule has 8 nitrogen and oxygen atoms in total. The first-order valence-corrected chi connectivity index (χ1v) is 13.8. The average molecular weight is 525 g/mol. The number of carboxylic acids is 1. The number of hydrogen-bond acceptors (Lipinski definition) is 5. The van der Waals surface area contributed by atoms with Crippen molar-refractivity contribution < 1.29 is 19.5 Å². The van der Waals surface area contributed by atoms with E-state index >= 15 is 0 Å². The zero-order valence-electron chi connectivity index (χ0n) is 22.6. The predicted octanol–water partition coefficient (Wildman–Crippen LogP) is 4.21. The molecule has 0 spiro atoms. The van der Waals surface area contributed by atoms with Crippen LogP contribution in [0.5, 0.6) is 0 Å². The number of hydrogen-bond donors (Lipinski definition) is 4. The first-order chi connectivity index (χ1) is 18.4. The molecular formula is C30H44N4O4. The molecule has 0 bridgehead atoms. The number of unbranched alkanes of at least 4 members (excludes halogenated alkanes) is 6. The van der Waals surface area contributed by atoms with Crippen molar-refractivity contribution in [2.24, 2.45) is 5.73 Å². The number of benzene rings is 2. The number of nitrogens with two attached hydrogens (primary N) is 1. The Kier molecular flexibility index (Phi) is 14.8. The maximum atomic E-state index is 13.7. The molecule has 2 rings (SSSR count). The van der Waals surface area contributed by atoms with Gasteiger partial charge in [0.15, 0.2) is 0 Å². The second kappa shape index (κ2) is 18.1. The van der Waals surface area contributed by atoms with Gasteiger partial charge in [0.1, 0.15) is 6.04 Å². The lowest BCUT2D eigenvalue weighted by molar-refractivity contribution is -0.141. The molecular weight excluding hydrogens is 480 g/mol. The number of anilines is 1. The molecule has 2 aromatic carbocycles. The Hall–Kier alpha value is -3.23. The van der Waals surface area contributed by atoms with E-state index in [1.54, 1.807) is 17.0 Å². The number of para-hydroxylation sites is 1. The monoisotopic (exact) mass is 524 g/mol. The Morgan fingerprint density at radius 1 is 0.868 bits per heavy atom. The van der Waals surface area contributed by atoms with E-state index in [1.165, 1.54) is 6.92 Å². The highest BCUT2D eigenvalue weighted by atomic mass is 16.4. The molecule has 0 heterocycles. The third kappa shape index (κ3) is 12.3. The number of aliphatic carboxylic acids is 1. The number of amides is 2. The molecule has 38 heavy (non-hydrogen) atoms. The van der Waals surface area contributed by atoms with Crippen LogP contribution in [-0.4, -0.2) is 59.5 Å². The number of nitrogens with one attached hydrogen (secondary N) is 2. The Balaban J connectivity index is 2.07. The Morgan fingerprint density at radius 2 is 1.45 bits per heavy atom. The van der Waals surface area contributed by atoms with Gasteiger partial charge in [0.05, 0.1) is 12.6 Å². The van der Waals surface area contributed by atoms with E-state index in [-0.39, 0.29) is 18.4 Å². The van der Waals surface area contributed by atoms with Crippen LogP contribution in [0.25, 0.3) is 0 Å². The minimum atomic E-state index is -1.02. The van der Waals surface area contributed by atoms with Crippen LogP contribution in [0.3, 0.4) is 0 Å². The quantitative estimate of drug-likeness (QED) is 0.204. The van der Waals surface area contributed by atoms with Gasteiger partial charge in [0.25, 0.3) is 0 Å². The van der Waals surface area contributed by atoms with Gasteiger partial charge in [-0.2, -0.15) is 0 Å². The van der Waals surface area contributed by atoms with Crippen LogP contribution < -0.4 is 16.4 Å². The summed E-state index contributed by atoms with van der Waals surface area (Å²) in [6.45, 7) is 2.61. The van der Waals surface area contributed by atoms with Gasteiger partial charge < -0.3 is 21.1 Å². The predicted molar refractivity (Wildman–Crippen MR) is 152 cm³/mol. The molecule has 0 aromatic heterocycles. The molecule has 2 aromatic rings.